The molecule has 0 aromatic carbocycles. The van der Waals surface area contributed by atoms with Crippen LogP contribution in [0.2, 0.25) is 0 Å². The van der Waals surface area contributed by atoms with Gasteiger partial charge in [-0.15, -0.1) is 0 Å². The first kappa shape index (κ1) is 14.8. The predicted molar refractivity (Wildman–Crippen MR) is 74.7 cm³/mol. The highest BCUT2D eigenvalue weighted by molar-refractivity contribution is 5.84. The number of aliphatic hydroxyl groups excluding tert-OH is 2. The number of nitrogens with zero attached hydrogens (tertiary/aromatic N) is 2. The maximum absolute atomic E-state index is 12.8. The molecule has 0 aromatic rings. The van der Waals surface area contributed by atoms with Crippen LogP contribution >= 0.6 is 0 Å². The summed E-state index contributed by atoms with van der Waals surface area (Å²) < 4.78 is 0. The number of aliphatic hydroxyl groups is 2. The third kappa shape index (κ3) is 2.15. The minimum Gasteiger partial charge on any atom is -0.394 e. The Morgan fingerprint density at radius 2 is 2.10 bits per heavy atom. The van der Waals surface area contributed by atoms with Gasteiger partial charge in [0.25, 0.3) is 0 Å². The van der Waals surface area contributed by atoms with Crippen LogP contribution < -0.4 is 5.73 Å². The highest BCUT2D eigenvalue weighted by Gasteiger charge is 2.57. The van der Waals surface area contributed by atoms with Crippen LogP contribution in [0.1, 0.15) is 38.5 Å². The minimum absolute atomic E-state index is 0.165. The van der Waals surface area contributed by atoms with Crippen LogP contribution in [0, 0.1) is 22.7 Å². The van der Waals surface area contributed by atoms with Crippen LogP contribution in [0.5, 0.6) is 0 Å². The molecular weight excluding hydrogens is 270 g/mol. The summed E-state index contributed by atoms with van der Waals surface area (Å²) in [6.45, 7) is -0.380. The largest absolute Gasteiger partial charge is 0.394 e. The van der Waals surface area contributed by atoms with E-state index in [1.165, 1.54) is 0 Å². The molecule has 3 rings (SSSR count). The average molecular weight is 293 g/mol. The Balaban J connectivity index is 1.81. The molecule has 21 heavy (non-hydrogen) atoms. The monoisotopic (exact) mass is 293 g/mol. The lowest BCUT2D eigenvalue weighted by atomic mass is 9.73. The second kappa shape index (κ2) is 5.24. The first-order valence-electron chi connectivity index (χ1n) is 7.81. The Morgan fingerprint density at radius 1 is 1.43 bits per heavy atom. The fourth-order valence-electron chi connectivity index (χ4n) is 4.36. The van der Waals surface area contributed by atoms with Crippen molar-refractivity contribution < 1.29 is 15.0 Å². The summed E-state index contributed by atoms with van der Waals surface area (Å²) in [4.78, 5) is 14.5. The molecule has 2 aliphatic carbocycles. The minimum atomic E-state index is -0.975. The van der Waals surface area contributed by atoms with E-state index < -0.39 is 17.6 Å². The maximum Gasteiger partial charge on any atom is 0.241 e. The van der Waals surface area contributed by atoms with Gasteiger partial charge in [0.1, 0.15) is 6.04 Å². The van der Waals surface area contributed by atoms with Crippen molar-refractivity contribution in [1.82, 2.24) is 4.90 Å². The Labute approximate surface area is 124 Å². The molecule has 6 nitrogen and oxygen atoms in total. The van der Waals surface area contributed by atoms with Gasteiger partial charge in [0.2, 0.25) is 5.91 Å². The fraction of sp³-hybridized carbons (Fsp3) is 0.867. The Hall–Kier alpha value is -1.16. The maximum atomic E-state index is 12.8. The lowest BCUT2D eigenvalue weighted by molar-refractivity contribution is -0.140. The first-order chi connectivity index (χ1) is 10.0. The number of piperidine rings is 1. The highest BCUT2D eigenvalue weighted by Crippen LogP contribution is 2.50. The van der Waals surface area contributed by atoms with Crippen molar-refractivity contribution in [3.8, 4) is 6.07 Å². The van der Waals surface area contributed by atoms with Gasteiger partial charge >= 0.3 is 0 Å². The number of carbonyl (C=O) groups is 1. The van der Waals surface area contributed by atoms with Crippen molar-refractivity contribution in [3.05, 3.63) is 0 Å². The summed E-state index contributed by atoms with van der Waals surface area (Å²) in [6.07, 6.45) is 3.86. The van der Waals surface area contributed by atoms with Gasteiger partial charge in [-0.25, -0.2) is 0 Å². The van der Waals surface area contributed by atoms with E-state index in [1.54, 1.807) is 4.90 Å². The van der Waals surface area contributed by atoms with Gasteiger partial charge in [0.05, 0.1) is 24.8 Å². The molecule has 0 aromatic heterocycles. The molecule has 6 heteroatoms. The van der Waals surface area contributed by atoms with E-state index in [4.69, 9.17) is 5.73 Å². The second-order valence-corrected chi connectivity index (χ2v) is 6.81. The lowest BCUT2D eigenvalue weighted by Gasteiger charge is -2.40. The number of fused-ring (bicyclic) bond motifs is 1. The highest BCUT2D eigenvalue weighted by atomic mass is 16.3. The number of hydrogen-bond acceptors (Lipinski definition) is 5. The normalized spacial score (nSPS) is 35.9. The van der Waals surface area contributed by atoms with Crippen LogP contribution in [0.4, 0.5) is 0 Å². The number of hydrogen-bond donors (Lipinski definition) is 3. The number of likely N-dealkylation sites (tertiary alicyclic amines) is 1. The third-order valence-electron chi connectivity index (χ3n) is 5.76. The number of carbonyl (C=O) groups excluding carboxylic acids is 1. The van der Waals surface area contributed by atoms with E-state index in [0.717, 1.165) is 25.7 Å². The molecule has 4 N–H and O–H groups in total. The SMILES string of the molecule is N#CC1CC2CC2N1C(=O)[C@@H](N)C1(C(O)CO)CCCC1. The standard InChI is InChI=1S/C15H23N3O3/c16-7-10-5-9-6-11(9)18(10)14(21)13(17)15(12(20)8-19)3-1-2-4-15/h9-13,19-20H,1-6,8,17H2/t9?,10?,11?,12?,13-/m1/s1. The predicted octanol–water partition coefficient (Wildman–Crippen LogP) is -0.260. The van der Waals surface area contributed by atoms with Gasteiger partial charge in [-0.2, -0.15) is 5.26 Å². The van der Waals surface area contributed by atoms with Crippen molar-refractivity contribution in [2.75, 3.05) is 6.61 Å². The smallest absolute Gasteiger partial charge is 0.241 e. The zero-order chi connectivity index (χ0) is 15.2. The zero-order valence-electron chi connectivity index (χ0n) is 12.1. The van der Waals surface area contributed by atoms with E-state index in [9.17, 15) is 20.3 Å². The Kier molecular flexibility index (Phi) is 3.68. The molecule has 1 amide bonds. The van der Waals surface area contributed by atoms with Crippen LogP contribution in [0.3, 0.4) is 0 Å². The van der Waals surface area contributed by atoms with Crippen molar-refractivity contribution in [2.45, 2.75) is 62.8 Å². The zero-order valence-corrected chi connectivity index (χ0v) is 12.1. The van der Waals surface area contributed by atoms with Gasteiger partial charge in [-0.05, 0) is 31.6 Å². The van der Waals surface area contributed by atoms with Crippen LogP contribution in [-0.2, 0) is 4.79 Å². The van der Waals surface area contributed by atoms with Gasteiger partial charge in [-0.3, -0.25) is 4.79 Å². The number of nitrogens with two attached hydrogens (primary N) is 1. The van der Waals surface area contributed by atoms with Gasteiger partial charge < -0.3 is 20.8 Å². The molecule has 116 valence electrons. The molecule has 0 spiro atoms. The topological polar surface area (TPSA) is 111 Å². The molecule has 1 aliphatic heterocycles. The van der Waals surface area contributed by atoms with Gasteiger partial charge in [0.15, 0.2) is 0 Å². The first-order valence-corrected chi connectivity index (χ1v) is 7.81. The molecule has 1 saturated heterocycles. The summed E-state index contributed by atoms with van der Waals surface area (Å²) in [7, 11) is 0. The van der Waals surface area contributed by atoms with Crippen molar-refractivity contribution in [3.63, 3.8) is 0 Å². The van der Waals surface area contributed by atoms with Crippen LogP contribution in [0.15, 0.2) is 0 Å². The van der Waals surface area contributed by atoms with Crippen LogP contribution in [0.25, 0.3) is 0 Å². The average Bonchev–Trinajstić information content (AvgIpc) is 2.94. The summed E-state index contributed by atoms with van der Waals surface area (Å²) >= 11 is 0. The summed E-state index contributed by atoms with van der Waals surface area (Å²) in [5, 5.41) is 28.8. The van der Waals surface area contributed by atoms with Crippen molar-refractivity contribution in [1.29, 1.82) is 5.26 Å². The number of amides is 1. The van der Waals surface area contributed by atoms with Gasteiger partial charge in [0, 0.05) is 11.5 Å². The summed E-state index contributed by atoms with van der Waals surface area (Å²) in [5.74, 6) is 0.231. The number of nitriles is 1. The Bertz CT molecular complexity index is 469. The molecule has 0 bridgehead atoms. The van der Waals surface area contributed by atoms with E-state index in [0.29, 0.717) is 18.8 Å². The fourth-order valence-corrected chi connectivity index (χ4v) is 4.36. The van der Waals surface area contributed by atoms with E-state index >= 15 is 0 Å². The van der Waals surface area contributed by atoms with E-state index in [-0.39, 0.29) is 24.6 Å². The lowest BCUT2D eigenvalue weighted by Crippen LogP contribution is -2.58. The molecule has 1 heterocycles. The third-order valence-corrected chi connectivity index (χ3v) is 5.76. The number of rotatable bonds is 4. The van der Waals surface area contributed by atoms with E-state index in [2.05, 4.69) is 6.07 Å². The van der Waals surface area contributed by atoms with Crippen molar-refractivity contribution >= 4 is 5.91 Å². The van der Waals surface area contributed by atoms with Crippen LogP contribution in [-0.4, -0.2) is 51.9 Å². The molecule has 0 radical (unpaired) electrons. The molecule has 2 saturated carbocycles. The summed E-state index contributed by atoms with van der Waals surface area (Å²) in [6, 6.07) is 1.15. The molecule has 3 fully saturated rings. The van der Waals surface area contributed by atoms with Gasteiger partial charge in [-0.1, -0.05) is 12.8 Å². The molecule has 4 unspecified atom stereocenters. The molecular formula is C15H23N3O3. The summed E-state index contributed by atoms with van der Waals surface area (Å²) in [5.41, 5.74) is 5.50. The van der Waals surface area contributed by atoms with E-state index in [1.807, 2.05) is 0 Å². The molecule has 3 aliphatic rings. The van der Waals surface area contributed by atoms with Crippen molar-refractivity contribution in [2.24, 2.45) is 17.1 Å². The molecule has 5 atom stereocenters. The second-order valence-electron chi connectivity index (χ2n) is 6.81. The quantitative estimate of drug-likeness (QED) is 0.661. The Morgan fingerprint density at radius 3 is 2.67 bits per heavy atom.